The maximum Gasteiger partial charge on any atom is 0.0714 e. The van der Waals surface area contributed by atoms with Crippen molar-refractivity contribution < 1.29 is 4.74 Å². The lowest BCUT2D eigenvalue weighted by molar-refractivity contribution is 0.0655. The summed E-state index contributed by atoms with van der Waals surface area (Å²) in [6.45, 7) is 8.69. The maximum absolute atomic E-state index is 5.70. The third kappa shape index (κ3) is 4.10. The molecule has 1 aliphatic heterocycles. The smallest absolute Gasteiger partial charge is 0.0714 e. The van der Waals surface area contributed by atoms with Crippen molar-refractivity contribution in [3.8, 4) is 0 Å². The monoisotopic (exact) mass is 185 g/mol. The molecular formula is C11H23NO. The zero-order chi connectivity index (χ0) is 9.68. The Bertz CT molecular complexity index is 136. The molecule has 2 heteroatoms. The summed E-state index contributed by atoms with van der Waals surface area (Å²) in [4.78, 5) is 0. The van der Waals surface area contributed by atoms with Crippen molar-refractivity contribution in [3.05, 3.63) is 0 Å². The summed E-state index contributed by atoms with van der Waals surface area (Å²) in [7, 11) is 0. The average molecular weight is 185 g/mol. The van der Waals surface area contributed by atoms with E-state index in [1.54, 1.807) is 0 Å². The van der Waals surface area contributed by atoms with E-state index >= 15 is 0 Å². The van der Waals surface area contributed by atoms with Crippen LogP contribution in [0.2, 0.25) is 0 Å². The second-order valence-electron chi connectivity index (χ2n) is 4.46. The second-order valence-corrected chi connectivity index (χ2v) is 4.46. The Kier molecular flexibility index (Phi) is 4.74. The Morgan fingerprint density at radius 2 is 2.23 bits per heavy atom. The predicted molar refractivity (Wildman–Crippen MR) is 55.9 cm³/mol. The summed E-state index contributed by atoms with van der Waals surface area (Å²) < 4.78 is 5.70. The summed E-state index contributed by atoms with van der Waals surface area (Å²) in [5.41, 5.74) is 0. The van der Waals surface area contributed by atoms with E-state index in [1.165, 1.54) is 12.8 Å². The molecule has 0 aromatic carbocycles. The van der Waals surface area contributed by atoms with Gasteiger partial charge in [-0.3, -0.25) is 0 Å². The van der Waals surface area contributed by atoms with Crippen LogP contribution < -0.4 is 5.32 Å². The van der Waals surface area contributed by atoms with Crippen LogP contribution in [0.25, 0.3) is 0 Å². The van der Waals surface area contributed by atoms with Crippen LogP contribution in [0.1, 0.15) is 40.0 Å². The fourth-order valence-electron chi connectivity index (χ4n) is 1.94. The van der Waals surface area contributed by atoms with Crippen LogP contribution in [0.3, 0.4) is 0 Å². The van der Waals surface area contributed by atoms with Crippen LogP contribution in [0.15, 0.2) is 0 Å². The lowest BCUT2D eigenvalue weighted by Gasteiger charge is -2.13. The van der Waals surface area contributed by atoms with Gasteiger partial charge in [-0.05, 0) is 25.2 Å². The van der Waals surface area contributed by atoms with Gasteiger partial charge in [-0.2, -0.15) is 0 Å². The first kappa shape index (κ1) is 11.0. The van der Waals surface area contributed by atoms with Gasteiger partial charge in [-0.15, -0.1) is 0 Å². The number of hydrogen-bond acceptors (Lipinski definition) is 2. The molecule has 0 amide bonds. The van der Waals surface area contributed by atoms with Gasteiger partial charge < -0.3 is 10.1 Å². The largest absolute Gasteiger partial charge is 0.377 e. The van der Waals surface area contributed by atoms with Crippen molar-refractivity contribution in [3.63, 3.8) is 0 Å². The molecule has 1 saturated heterocycles. The van der Waals surface area contributed by atoms with Gasteiger partial charge in [-0.25, -0.2) is 0 Å². The molecule has 0 bridgehead atoms. The minimum Gasteiger partial charge on any atom is -0.377 e. The van der Waals surface area contributed by atoms with Gasteiger partial charge in [0.1, 0.15) is 0 Å². The maximum atomic E-state index is 5.70. The zero-order valence-corrected chi connectivity index (χ0v) is 9.18. The molecule has 0 aromatic rings. The Morgan fingerprint density at radius 3 is 2.85 bits per heavy atom. The molecular weight excluding hydrogens is 162 g/mol. The van der Waals surface area contributed by atoms with E-state index in [0.717, 1.165) is 25.5 Å². The van der Waals surface area contributed by atoms with Crippen LogP contribution in [0, 0.1) is 5.92 Å². The van der Waals surface area contributed by atoms with Gasteiger partial charge in [0, 0.05) is 19.2 Å². The van der Waals surface area contributed by atoms with E-state index in [-0.39, 0.29) is 0 Å². The highest BCUT2D eigenvalue weighted by atomic mass is 16.5. The molecule has 1 rings (SSSR count). The molecule has 0 aliphatic carbocycles. The lowest BCUT2D eigenvalue weighted by atomic mass is 10.0. The standard InChI is InChI=1S/C11H23NO/c1-4-5-13-11-7-10(12-8-11)6-9(2)3/h9-12H,4-8H2,1-3H3/t10-,11+/m1/s1. The average Bonchev–Trinajstić information content (AvgIpc) is 2.48. The van der Waals surface area contributed by atoms with Gasteiger partial charge in [0.05, 0.1) is 6.10 Å². The molecule has 0 spiro atoms. The SMILES string of the molecule is CCCO[C@@H]1CN[C@H](CC(C)C)C1. The third-order valence-corrected chi connectivity index (χ3v) is 2.50. The highest BCUT2D eigenvalue weighted by Gasteiger charge is 2.24. The Hall–Kier alpha value is -0.0800. The predicted octanol–water partition coefficient (Wildman–Crippen LogP) is 2.19. The van der Waals surface area contributed by atoms with Crippen molar-refractivity contribution in [2.75, 3.05) is 13.2 Å². The summed E-state index contributed by atoms with van der Waals surface area (Å²) >= 11 is 0. The molecule has 2 nitrogen and oxygen atoms in total. The minimum atomic E-state index is 0.476. The number of rotatable bonds is 5. The summed E-state index contributed by atoms with van der Waals surface area (Å²) in [6.07, 6.45) is 4.10. The van der Waals surface area contributed by atoms with E-state index in [9.17, 15) is 0 Å². The summed E-state index contributed by atoms with van der Waals surface area (Å²) in [5.74, 6) is 0.794. The van der Waals surface area contributed by atoms with Crippen LogP contribution in [-0.2, 0) is 4.74 Å². The number of hydrogen-bond donors (Lipinski definition) is 1. The summed E-state index contributed by atoms with van der Waals surface area (Å²) in [6, 6.07) is 0.696. The second kappa shape index (κ2) is 5.61. The molecule has 1 N–H and O–H groups in total. The first-order chi connectivity index (χ1) is 6.22. The summed E-state index contributed by atoms with van der Waals surface area (Å²) in [5, 5.41) is 3.52. The third-order valence-electron chi connectivity index (χ3n) is 2.50. The lowest BCUT2D eigenvalue weighted by Crippen LogP contribution is -2.23. The van der Waals surface area contributed by atoms with E-state index in [0.29, 0.717) is 12.1 Å². The van der Waals surface area contributed by atoms with E-state index in [2.05, 4.69) is 26.1 Å². The first-order valence-electron chi connectivity index (χ1n) is 5.57. The Morgan fingerprint density at radius 1 is 1.46 bits per heavy atom. The molecule has 13 heavy (non-hydrogen) atoms. The van der Waals surface area contributed by atoms with E-state index in [1.807, 2.05) is 0 Å². The van der Waals surface area contributed by atoms with Gasteiger partial charge in [-0.1, -0.05) is 20.8 Å². The molecule has 2 atom stereocenters. The van der Waals surface area contributed by atoms with Gasteiger partial charge in [0.25, 0.3) is 0 Å². The van der Waals surface area contributed by atoms with Crippen LogP contribution in [-0.4, -0.2) is 25.3 Å². The first-order valence-corrected chi connectivity index (χ1v) is 5.57. The van der Waals surface area contributed by atoms with Crippen molar-refractivity contribution in [2.45, 2.75) is 52.2 Å². The molecule has 1 fully saturated rings. The van der Waals surface area contributed by atoms with Crippen LogP contribution in [0.4, 0.5) is 0 Å². The quantitative estimate of drug-likeness (QED) is 0.709. The van der Waals surface area contributed by atoms with E-state index < -0.39 is 0 Å². The highest BCUT2D eigenvalue weighted by Crippen LogP contribution is 2.17. The minimum absolute atomic E-state index is 0.476. The van der Waals surface area contributed by atoms with Gasteiger partial charge >= 0.3 is 0 Å². The highest BCUT2D eigenvalue weighted by molar-refractivity contribution is 4.82. The normalized spacial score (nSPS) is 28.6. The molecule has 0 unspecified atom stereocenters. The van der Waals surface area contributed by atoms with Crippen LogP contribution in [0.5, 0.6) is 0 Å². The van der Waals surface area contributed by atoms with Crippen molar-refractivity contribution in [2.24, 2.45) is 5.92 Å². The van der Waals surface area contributed by atoms with Crippen molar-refractivity contribution in [1.82, 2.24) is 5.32 Å². The zero-order valence-electron chi connectivity index (χ0n) is 9.18. The molecule has 1 heterocycles. The van der Waals surface area contributed by atoms with Gasteiger partial charge in [0.15, 0.2) is 0 Å². The van der Waals surface area contributed by atoms with Gasteiger partial charge in [0.2, 0.25) is 0 Å². The van der Waals surface area contributed by atoms with E-state index in [4.69, 9.17) is 4.74 Å². The molecule has 0 aromatic heterocycles. The van der Waals surface area contributed by atoms with Crippen molar-refractivity contribution in [1.29, 1.82) is 0 Å². The Balaban J connectivity index is 2.12. The molecule has 1 aliphatic rings. The Labute approximate surface area is 82.0 Å². The topological polar surface area (TPSA) is 21.3 Å². The van der Waals surface area contributed by atoms with Crippen LogP contribution >= 0.6 is 0 Å². The fraction of sp³-hybridized carbons (Fsp3) is 1.00. The molecule has 0 radical (unpaired) electrons. The molecule has 0 saturated carbocycles. The number of nitrogens with one attached hydrogen (secondary N) is 1. The fourth-order valence-corrected chi connectivity index (χ4v) is 1.94. The molecule has 78 valence electrons. The van der Waals surface area contributed by atoms with Crippen molar-refractivity contribution >= 4 is 0 Å². The number of ether oxygens (including phenoxy) is 1.